The molecule has 0 N–H and O–H groups in total. The van der Waals surface area contributed by atoms with Crippen LogP contribution >= 0.6 is 0 Å². The van der Waals surface area contributed by atoms with Crippen LogP contribution in [0.2, 0.25) is 0 Å². The molecule has 1 heterocycles. The summed E-state index contributed by atoms with van der Waals surface area (Å²) in [7, 11) is 0. The van der Waals surface area contributed by atoms with Crippen LogP contribution in [0.1, 0.15) is 197 Å². The molecule has 4 saturated carbocycles. The third kappa shape index (κ3) is 11.2. The van der Waals surface area contributed by atoms with Crippen LogP contribution in [0.3, 0.4) is 0 Å². The Morgan fingerprint density at radius 2 is 0.731 bits per heavy atom. The summed E-state index contributed by atoms with van der Waals surface area (Å²) in [6.45, 7) is 4.59. The van der Waals surface area contributed by atoms with Gasteiger partial charge in [0.2, 0.25) is 0 Å². The Bertz CT molecular complexity index is 1400. The Hall–Kier alpha value is -1.62. The normalized spacial score (nSPS) is 19.4. The molecule has 3 nitrogen and oxygen atoms in total. The first-order valence-corrected chi connectivity index (χ1v) is 20.0. The van der Waals surface area contributed by atoms with E-state index in [4.69, 9.17) is 15.0 Å². The van der Waals surface area contributed by atoms with Crippen LogP contribution in [0.5, 0.6) is 0 Å². The van der Waals surface area contributed by atoms with Crippen LogP contribution in [0.4, 0.5) is 11.4 Å². The zero-order valence-electron chi connectivity index (χ0n) is 31.6. The summed E-state index contributed by atoms with van der Waals surface area (Å²) in [6.07, 6.45) is 30.7. The van der Waals surface area contributed by atoms with Gasteiger partial charge in [-0.25, -0.2) is 4.98 Å². The number of benzene rings is 2. The van der Waals surface area contributed by atoms with Gasteiger partial charge >= 0.3 is 18.6 Å². The Balaban J connectivity index is 0.00000182. The van der Waals surface area contributed by atoms with Gasteiger partial charge in [-0.05, 0) is 123 Å². The molecule has 0 radical (unpaired) electrons. The van der Waals surface area contributed by atoms with Crippen LogP contribution in [-0.4, -0.2) is 17.4 Å². The molecule has 0 saturated heterocycles. The summed E-state index contributed by atoms with van der Waals surface area (Å²) < 4.78 is 0. The summed E-state index contributed by atoms with van der Waals surface area (Å²) in [5.41, 5.74) is 13.2. The topological polar surface area (TPSA) is 37.6 Å². The number of nitrogens with zero attached hydrogens (tertiary/aromatic N) is 3. The number of aliphatic imine (C=N–C) groups is 2. The predicted molar refractivity (Wildman–Crippen MR) is 204 cm³/mol. The van der Waals surface area contributed by atoms with Crippen molar-refractivity contribution in [2.24, 2.45) is 9.98 Å². The Morgan fingerprint density at radius 1 is 0.462 bits per heavy atom. The molecule has 3 aromatic rings. The second kappa shape index (κ2) is 22.1. The molecule has 7 heteroatoms. The minimum absolute atomic E-state index is 0. The minimum atomic E-state index is 0. The van der Waals surface area contributed by atoms with Crippen molar-refractivity contribution in [2.45, 2.75) is 166 Å². The fourth-order valence-corrected chi connectivity index (χ4v) is 9.74. The van der Waals surface area contributed by atoms with Crippen molar-refractivity contribution in [1.82, 2.24) is 4.98 Å². The van der Waals surface area contributed by atoms with Gasteiger partial charge in [0, 0.05) is 0 Å². The van der Waals surface area contributed by atoms with E-state index in [-0.39, 0.29) is 55.8 Å². The number of halogens is 3. The molecule has 0 bridgehead atoms. The van der Waals surface area contributed by atoms with Gasteiger partial charge in [0.05, 0.1) is 35.2 Å². The van der Waals surface area contributed by atoms with Gasteiger partial charge in [-0.15, -0.1) is 0 Å². The quantitative estimate of drug-likeness (QED) is 0.312. The van der Waals surface area contributed by atoms with Crippen LogP contribution < -0.4 is 37.2 Å². The molecule has 4 aliphatic carbocycles. The van der Waals surface area contributed by atoms with Crippen molar-refractivity contribution in [1.29, 1.82) is 0 Å². The molecule has 280 valence electrons. The number of rotatable bonds is 8. The summed E-state index contributed by atoms with van der Waals surface area (Å²) in [6, 6.07) is 16.2. The molecule has 1 aromatic heterocycles. The zero-order valence-corrected chi connectivity index (χ0v) is 35.2. The summed E-state index contributed by atoms with van der Waals surface area (Å²) >= 11 is 0. The van der Waals surface area contributed by atoms with Gasteiger partial charge in [0.15, 0.2) is 0 Å². The van der Waals surface area contributed by atoms with Crippen LogP contribution in [0.25, 0.3) is 0 Å². The molecule has 0 unspecified atom stereocenters. The largest absolute Gasteiger partial charge is 3.00 e. The minimum Gasteiger partial charge on any atom is -1.00 e. The summed E-state index contributed by atoms with van der Waals surface area (Å²) in [4.78, 5) is 15.8. The van der Waals surface area contributed by atoms with Gasteiger partial charge in [-0.2, -0.15) is 0 Å². The van der Waals surface area contributed by atoms with E-state index in [1.807, 2.05) is 12.4 Å². The van der Waals surface area contributed by atoms with Crippen molar-refractivity contribution >= 4 is 23.8 Å². The maximum Gasteiger partial charge on any atom is 3.00 e. The van der Waals surface area contributed by atoms with Crippen molar-refractivity contribution < 1.29 is 55.8 Å². The first-order valence-electron chi connectivity index (χ1n) is 20.0. The molecule has 0 spiro atoms. The van der Waals surface area contributed by atoms with Crippen LogP contribution in [0.15, 0.2) is 52.4 Å². The standard InChI is InChI=1S/C45H59N3.3ClH.V/c1-32-26-40(34-16-7-3-8-17-34)44(41(27-32)35-18-9-4-10-19-35)46-30-38-24-15-25-39(48-38)31-47-45-42(36-20-11-5-12-21-36)28-33(2)29-43(45)37-22-13-6-14-23-37;;;;/h15,24-31,34-37H,3-14,16-23H2,1-2H3;3*1H;/q;;;;+3/p-3. The SMILES string of the molecule is Cc1cc(C2CCCCC2)c(N=Cc2cccc(C=Nc3c(C4CCCCC4)cc(C)cc3C3CCCCC3)n2)c(C2CCCCC2)c1.[Cl-].[Cl-].[Cl-].[V+3]. The monoisotopic (exact) mass is 797 g/mol. The molecule has 2 aromatic carbocycles. The van der Waals surface area contributed by atoms with E-state index in [2.05, 4.69) is 56.3 Å². The van der Waals surface area contributed by atoms with Crippen LogP contribution in [0, 0.1) is 13.8 Å². The molecular weight excluding hydrogens is 740 g/mol. The molecular formula is C45H59Cl3N3V. The summed E-state index contributed by atoms with van der Waals surface area (Å²) in [5, 5.41) is 0. The fraction of sp³-hybridized carbons (Fsp3) is 0.578. The van der Waals surface area contributed by atoms with E-state index in [1.54, 1.807) is 0 Å². The first-order chi connectivity index (χ1) is 23.6. The number of aromatic nitrogens is 1. The second-order valence-corrected chi connectivity index (χ2v) is 15.9. The Labute approximate surface area is 345 Å². The van der Waals surface area contributed by atoms with E-state index in [9.17, 15) is 0 Å². The molecule has 4 aliphatic rings. The maximum atomic E-state index is 5.36. The average Bonchev–Trinajstić information content (AvgIpc) is 3.15. The number of hydrogen-bond donors (Lipinski definition) is 0. The number of pyridine rings is 1. The zero-order chi connectivity index (χ0) is 32.7. The van der Waals surface area contributed by atoms with Crippen molar-refractivity contribution in [2.75, 3.05) is 0 Å². The van der Waals surface area contributed by atoms with Gasteiger partial charge in [0.1, 0.15) is 0 Å². The Morgan fingerprint density at radius 3 is 1.00 bits per heavy atom. The van der Waals surface area contributed by atoms with Crippen molar-refractivity contribution in [3.8, 4) is 0 Å². The van der Waals surface area contributed by atoms with Gasteiger partial charge in [-0.1, -0.05) is 119 Å². The molecule has 0 aliphatic heterocycles. The fourth-order valence-electron chi connectivity index (χ4n) is 9.74. The van der Waals surface area contributed by atoms with E-state index < -0.39 is 0 Å². The van der Waals surface area contributed by atoms with Crippen LogP contribution in [-0.2, 0) is 18.6 Å². The van der Waals surface area contributed by atoms with Gasteiger partial charge in [0.25, 0.3) is 0 Å². The van der Waals surface area contributed by atoms with Gasteiger partial charge < -0.3 is 37.2 Å². The van der Waals surface area contributed by atoms with E-state index in [0.29, 0.717) is 23.7 Å². The molecule has 7 rings (SSSR count). The molecule has 4 fully saturated rings. The van der Waals surface area contributed by atoms with E-state index in [0.717, 1.165) is 11.4 Å². The first kappa shape index (κ1) is 44.8. The number of aryl methyl sites for hydroxylation is 2. The third-order valence-corrected chi connectivity index (χ3v) is 12.3. The Kier molecular flexibility index (Phi) is 19.0. The smallest absolute Gasteiger partial charge is 1.00 e. The van der Waals surface area contributed by atoms with Gasteiger partial charge in [-0.3, -0.25) is 9.98 Å². The predicted octanol–water partition coefficient (Wildman–Crippen LogP) is 4.40. The second-order valence-electron chi connectivity index (χ2n) is 15.9. The van der Waals surface area contributed by atoms with E-state index in [1.165, 1.54) is 173 Å². The average molecular weight is 799 g/mol. The van der Waals surface area contributed by atoms with E-state index >= 15 is 0 Å². The van der Waals surface area contributed by atoms with Crippen molar-refractivity contribution in [3.63, 3.8) is 0 Å². The molecule has 0 atom stereocenters. The van der Waals surface area contributed by atoms with Crippen molar-refractivity contribution in [3.05, 3.63) is 87.2 Å². The third-order valence-electron chi connectivity index (χ3n) is 12.3. The summed E-state index contributed by atoms with van der Waals surface area (Å²) in [5.74, 6) is 2.52. The molecule has 52 heavy (non-hydrogen) atoms. The molecule has 0 amide bonds. The number of hydrogen-bond acceptors (Lipinski definition) is 3. The maximum absolute atomic E-state index is 5.36.